The lowest BCUT2D eigenvalue weighted by Gasteiger charge is -2.32. The number of aromatic amines is 1. The van der Waals surface area contributed by atoms with E-state index in [2.05, 4.69) is 25.8 Å². The van der Waals surface area contributed by atoms with Gasteiger partial charge in [0.15, 0.2) is 5.65 Å². The summed E-state index contributed by atoms with van der Waals surface area (Å²) in [4.78, 5) is 46.3. The fourth-order valence-corrected chi connectivity index (χ4v) is 4.98. The van der Waals surface area contributed by atoms with Gasteiger partial charge in [-0.15, -0.1) is 13.2 Å². The van der Waals surface area contributed by atoms with Gasteiger partial charge in [0.05, 0.1) is 5.52 Å². The topological polar surface area (TPSA) is 135 Å². The molecule has 3 aromatic rings. The van der Waals surface area contributed by atoms with E-state index >= 15 is 0 Å². The van der Waals surface area contributed by atoms with Crippen LogP contribution in [0.1, 0.15) is 53.6 Å². The van der Waals surface area contributed by atoms with Crippen molar-refractivity contribution in [1.82, 2.24) is 24.8 Å². The molecule has 38 heavy (non-hydrogen) atoms. The zero-order chi connectivity index (χ0) is 27.4. The molecule has 2 saturated heterocycles. The molecule has 2 aliphatic heterocycles. The number of carbonyl (C=O) groups excluding carboxylic acids is 2. The quantitative estimate of drug-likeness (QED) is 0.471. The molecule has 1 aromatic carbocycles. The Kier molecular flexibility index (Phi) is 8.05. The highest BCUT2D eigenvalue weighted by molar-refractivity contribution is 5.94. The summed E-state index contributed by atoms with van der Waals surface area (Å²) in [5.74, 6) is -0.644. The van der Waals surface area contributed by atoms with E-state index in [1.54, 1.807) is 15.7 Å². The van der Waals surface area contributed by atoms with E-state index in [1.807, 2.05) is 6.07 Å². The summed E-state index contributed by atoms with van der Waals surface area (Å²) in [6.45, 7) is 1.38. The molecule has 13 heteroatoms. The van der Waals surface area contributed by atoms with Crippen molar-refractivity contribution in [3.63, 3.8) is 0 Å². The minimum absolute atomic E-state index is 0.00244. The highest BCUT2D eigenvalue weighted by Gasteiger charge is 2.31. The van der Waals surface area contributed by atoms with Crippen LogP contribution in [0.5, 0.6) is 5.75 Å². The van der Waals surface area contributed by atoms with Crippen LogP contribution in [0.25, 0.3) is 11.2 Å². The predicted molar refractivity (Wildman–Crippen MR) is 133 cm³/mol. The maximum Gasteiger partial charge on any atom is 0.573 e. The Bertz CT molecular complexity index is 1340. The molecule has 4 N–H and O–H groups in total. The smallest absolute Gasteiger partial charge is 0.406 e. The predicted octanol–water partition coefficient (Wildman–Crippen LogP) is 2.67. The van der Waals surface area contributed by atoms with Crippen molar-refractivity contribution in [3.05, 3.63) is 58.1 Å². The Morgan fingerprint density at radius 1 is 1.11 bits per heavy atom. The fraction of sp³-hybridized carbons (Fsp3) is 0.440. The van der Waals surface area contributed by atoms with Crippen LogP contribution >= 0.6 is 0 Å². The molecule has 0 radical (unpaired) electrons. The Labute approximate surface area is 216 Å². The zero-order valence-electron chi connectivity index (χ0n) is 20.8. The van der Waals surface area contributed by atoms with Gasteiger partial charge in [0.1, 0.15) is 5.75 Å². The number of amides is 2. The van der Waals surface area contributed by atoms with Gasteiger partial charge in [0.25, 0.3) is 5.91 Å². The largest absolute Gasteiger partial charge is 0.573 e. The maximum atomic E-state index is 12.9. The van der Waals surface area contributed by atoms with Gasteiger partial charge in [-0.1, -0.05) is 0 Å². The number of alkyl halides is 3. The van der Waals surface area contributed by atoms with Crippen molar-refractivity contribution >= 4 is 23.0 Å². The summed E-state index contributed by atoms with van der Waals surface area (Å²) in [6, 6.07) is 6.60. The molecular formula is C25H29F3N6O4. The molecule has 2 aromatic heterocycles. The number of aromatic nitrogens is 3. The Balaban J connectivity index is 0.00000164. The normalized spacial score (nSPS) is 18.5. The third kappa shape index (κ3) is 5.98. The number of nitrogens with zero attached hydrogens (tertiary/aromatic N) is 3. The summed E-state index contributed by atoms with van der Waals surface area (Å²) in [5.41, 5.74) is 6.55. The lowest BCUT2D eigenvalue weighted by Crippen LogP contribution is -2.40. The first-order chi connectivity index (χ1) is 18.2. The highest BCUT2D eigenvalue weighted by atomic mass is 19.4. The fourth-order valence-electron chi connectivity index (χ4n) is 4.98. The van der Waals surface area contributed by atoms with Crippen LogP contribution in [-0.4, -0.2) is 64.3 Å². The second-order valence-corrected chi connectivity index (χ2v) is 9.07. The number of nitrogens with one attached hydrogen (secondary N) is 2. The zero-order valence-corrected chi connectivity index (χ0v) is 20.8. The molecule has 1 unspecified atom stereocenters. The first-order valence-corrected chi connectivity index (χ1v) is 12.3. The van der Waals surface area contributed by atoms with Crippen LogP contribution in [0.2, 0.25) is 0 Å². The average Bonchev–Trinajstić information content (AvgIpc) is 3.24. The van der Waals surface area contributed by atoms with Crippen molar-refractivity contribution in [2.75, 3.05) is 26.7 Å². The standard InChI is InChI=1S/C24H24F3N5O4.CH5N/c25-24(26,27)36-18-3-1-14(2-4-18)22(34)31-9-6-17(7-10-31)32-19-11-16(13-29-21(19)30-23(32)35)15-5-8-28-20(33)12-15;1-2/h1-4,11,13,15,17H,5-10,12H2,(H,28,33)(H,29,30,35);2H2,1H3. The maximum absolute atomic E-state index is 12.9. The van der Waals surface area contributed by atoms with Crippen molar-refractivity contribution in [2.24, 2.45) is 5.73 Å². The monoisotopic (exact) mass is 534 g/mol. The van der Waals surface area contributed by atoms with E-state index in [1.165, 1.54) is 19.2 Å². The molecule has 0 spiro atoms. The number of pyridine rings is 1. The van der Waals surface area contributed by atoms with Crippen molar-refractivity contribution in [2.45, 2.75) is 44.0 Å². The van der Waals surface area contributed by atoms with E-state index in [0.717, 1.165) is 24.1 Å². The third-order valence-corrected chi connectivity index (χ3v) is 6.76. The lowest BCUT2D eigenvalue weighted by molar-refractivity contribution is -0.274. The van der Waals surface area contributed by atoms with Gasteiger partial charge < -0.3 is 20.7 Å². The summed E-state index contributed by atoms with van der Waals surface area (Å²) in [6.07, 6.45) is -0.843. The lowest BCUT2D eigenvalue weighted by atomic mass is 9.91. The molecule has 0 bridgehead atoms. The van der Waals surface area contributed by atoms with Crippen molar-refractivity contribution < 1.29 is 27.5 Å². The Hall–Kier alpha value is -3.87. The van der Waals surface area contributed by atoms with Gasteiger partial charge in [-0.2, -0.15) is 0 Å². The molecule has 204 valence electrons. The van der Waals surface area contributed by atoms with Gasteiger partial charge >= 0.3 is 12.1 Å². The van der Waals surface area contributed by atoms with E-state index in [-0.39, 0.29) is 35.0 Å². The molecule has 2 fully saturated rings. The van der Waals surface area contributed by atoms with Crippen molar-refractivity contribution in [1.29, 1.82) is 0 Å². The van der Waals surface area contributed by atoms with Gasteiger partial charge in [0, 0.05) is 43.9 Å². The number of imidazole rings is 1. The van der Waals surface area contributed by atoms with Crippen LogP contribution in [-0.2, 0) is 4.79 Å². The number of benzene rings is 1. The highest BCUT2D eigenvalue weighted by Crippen LogP contribution is 2.30. The Morgan fingerprint density at radius 3 is 2.42 bits per heavy atom. The van der Waals surface area contributed by atoms with Crippen LogP contribution in [0, 0.1) is 0 Å². The number of carbonyl (C=O) groups is 2. The molecule has 5 rings (SSSR count). The second-order valence-electron chi connectivity index (χ2n) is 9.07. The number of hydrogen-bond donors (Lipinski definition) is 3. The van der Waals surface area contributed by atoms with Gasteiger partial charge in [0.2, 0.25) is 5.91 Å². The van der Waals surface area contributed by atoms with Crippen LogP contribution < -0.4 is 21.5 Å². The average molecular weight is 535 g/mol. The Morgan fingerprint density at radius 2 is 1.79 bits per heavy atom. The first kappa shape index (κ1) is 27.2. The number of piperidine rings is 2. The molecule has 0 saturated carbocycles. The summed E-state index contributed by atoms with van der Waals surface area (Å²) >= 11 is 0. The number of H-pyrrole nitrogens is 1. The number of fused-ring (bicyclic) bond motifs is 1. The molecule has 2 amide bonds. The molecule has 0 aliphatic carbocycles. The van der Waals surface area contributed by atoms with Crippen LogP contribution in [0.3, 0.4) is 0 Å². The molecule has 2 aliphatic rings. The molecular weight excluding hydrogens is 505 g/mol. The number of hydrogen-bond acceptors (Lipinski definition) is 6. The first-order valence-electron chi connectivity index (χ1n) is 12.3. The number of nitrogens with two attached hydrogens (primary N) is 1. The van der Waals surface area contributed by atoms with Crippen LogP contribution in [0.15, 0.2) is 41.3 Å². The summed E-state index contributed by atoms with van der Waals surface area (Å²) in [5, 5.41) is 2.82. The van der Waals surface area contributed by atoms with Crippen LogP contribution in [0.4, 0.5) is 13.2 Å². The minimum atomic E-state index is -4.80. The van der Waals surface area contributed by atoms with E-state index in [0.29, 0.717) is 50.1 Å². The molecule has 1 atom stereocenters. The summed E-state index contributed by atoms with van der Waals surface area (Å²) < 4.78 is 42.6. The minimum Gasteiger partial charge on any atom is -0.406 e. The third-order valence-electron chi connectivity index (χ3n) is 6.76. The number of rotatable bonds is 4. The number of ether oxygens (including phenoxy) is 1. The van der Waals surface area contributed by atoms with E-state index < -0.39 is 12.1 Å². The van der Waals surface area contributed by atoms with E-state index in [9.17, 15) is 27.6 Å². The summed E-state index contributed by atoms with van der Waals surface area (Å²) in [7, 11) is 1.50. The number of likely N-dealkylation sites (tertiary alicyclic amines) is 1. The van der Waals surface area contributed by atoms with E-state index in [4.69, 9.17) is 0 Å². The second kappa shape index (κ2) is 11.3. The SMILES string of the molecule is CN.O=C1CC(c2cnc3[nH]c(=O)n(C4CCN(C(=O)c5ccc(OC(F)(F)F)cc5)CC4)c3c2)CCN1. The van der Waals surface area contributed by atoms with Gasteiger partial charge in [-0.3, -0.25) is 19.1 Å². The van der Waals surface area contributed by atoms with Gasteiger partial charge in [-0.05, 0) is 68.1 Å². The number of halogens is 3. The van der Waals surface area contributed by atoms with Gasteiger partial charge in [-0.25, -0.2) is 9.78 Å². The van der Waals surface area contributed by atoms with Crippen molar-refractivity contribution in [3.8, 4) is 5.75 Å². The molecule has 4 heterocycles. The molecule has 10 nitrogen and oxygen atoms in total.